The number of anilines is 2. The molecule has 1 aromatic heterocycles. The van der Waals surface area contributed by atoms with Crippen molar-refractivity contribution in [3.8, 4) is 6.01 Å². The Balaban J connectivity index is 1.23. The summed E-state index contributed by atoms with van der Waals surface area (Å²) in [4.78, 5) is 30.7. The molecule has 3 aromatic rings. The second-order valence-electron chi connectivity index (χ2n) is 11.9. The lowest BCUT2D eigenvalue weighted by Gasteiger charge is -2.41. The van der Waals surface area contributed by atoms with Gasteiger partial charge in [-0.05, 0) is 69.6 Å². The van der Waals surface area contributed by atoms with Gasteiger partial charge in [0.1, 0.15) is 12.4 Å². The highest BCUT2D eigenvalue weighted by atomic mass is 16.5. The minimum atomic E-state index is -0.803. The molecule has 0 aliphatic carbocycles. The van der Waals surface area contributed by atoms with E-state index in [1.165, 1.54) is 34.0 Å². The molecule has 2 aromatic carbocycles. The molecule has 9 nitrogen and oxygen atoms in total. The molecule has 3 saturated heterocycles. The van der Waals surface area contributed by atoms with Crippen LogP contribution in [0.3, 0.4) is 0 Å². The average Bonchev–Trinajstić information content (AvgIpc) is 3.49. The lowest BCUT2D eigenvalue weighted by molar-refractivity contribution is 0.114. The topological polar surface area (TPSA) is 85.3 Å². The number of nitrogens with zero attached hydrogens (tertiary/aromatic N) is 6. The summed E-state index contributed by atoms with van der Waals surface area (Å²) in [6.07, 6.45) is 4.17. The molecule has 3 fully saturated rings. The van der Waals surface area contributed by atoms with Crippen molar-refractivity contribution in [3.05, 3.63) is 53.2 Å². The van der Waals surface area contributed by atoms with Gasteiger partial charge >= 0.3 is 12.1 Å². The first-order valence-electron chi connectivity index (χ1n) is 14.7. The zero-order valence-electron chi connectivity index (χ0n) is 23.4. The van der Waals surface area contributed by atoms with Crippen molar-refractivity contribution in [1.82, 2.24) is 19.8 Å². The summed E-state index contributed by atoms with van der Waals surface area (Å²) in [5.41, 5.74) is 4.72. The van der Waals surface area contributed by atoms with Crippen molar-refractivity contribution < 1.29 is 14.6 Å². The van der Waals surface area contributed by atoms with E-state index >= 15 is 0 Å². The van der Waals surface area contributed by atoms with Crippen LogP contribution in [0.2, 0.25) is 0 Å². The van der Waals surface area contributed by atoms with E-state index in [2.05, 4.69) is 65.1 Å². The normalized spacial score (nSPS) is 24.6. The molecule has 3 atom stereocenters. The Kier molecular flexibility index (Phi) is 6.41. The summed E-state index contributed by atoms with van der Waals surface area (Å²) < 4.78 is 6.30. The van der Waals surface area contributed by atoms with E-state index in [9.17, 15) is 9.90 Å². The van der Waals surface area contributed by atoms with Crippen molar-refractivity contribution in [2.24, 2.45) is 0 Å². The number of likely N-dealkylation sites (N-methyl/N-ethyl adjacent to an activating group) is 1. The van der Waals surface area contributed by atoms with Crippen LogP contribution in [0.15, 0.2) is 36.4 Å². The van der Waals surface area contributed by atoms with Crippen LogP contribution < -0.4 is 14.5 Å². The maximum Gasteiger partial charge on any atom is 0.407 e. The van der Waals surface area contributed by atoms with E-state index in [0.29, 0.717) is 38.3 Å². The van der Waals surface area contributed by atoms with Gasteiger partial charge in [0.05, 0.1) is 24.3 Å². The smallest absolute Gasteiger partial charge is 0.407 e. The SMILES string of the molecule is Cc1cccc2cccc(N3CCc4c(nc(OC[C@@H]5CCCN5C)nc4N4C[C@H]5CC[C@@H](C4)N5C(=O)O)C3)c12. The Morgan fingerprint density at radius 2 is 1.80 bits per heavy atom. The van der Waals surface area contributed by atoms with E-state index in [4.69, 9.17) is 14.7 Å². The van der Waals surface area contributed by atoms with Crippen LogP contribution in [-0.4, -0.2) is 88.9 Å². The van der Waals surface area contributed by atoms with E-state index in [1.807, 2.05) is 0 Å². The lowest BCUT2D eigenvalue weighted by Crippen LogP contribution is -2.56. The molecular formula is C31H38N6O3. The van der Waals surface area contributed by atoms with E-state index in [-0.39, 0.29) is 12.1 Å². The number of ether oxygens (including phenoxy) is 1. The van der Waals surface area contributed by atoms with Gasteiger partial charge in [-0.15, -0.1) is 0 Å². The summed E-state index contributed by atoms with van der Waals surface area (Å²) in [6.45, 7) is 6.78. The highest BCUT2D eigenvalue weighted by Gasteiger charge is 2.44. The van der Waals surface area contributed by atoms with E-state index < -0.39 is 6.09 Å². The maximum absolute atomic E-state index is 11.9. The largest absolute Gasteiger partial charge is 0.465 e. The molecule has 210 valence electrons. The Morgan fingerprint density at radius 1 is 1.02 bits per heavy atom. The van der Waals surface area contributed by atoms with Crippen LogP contribution in [0.5, 0.6) is 6.01 Å². The third-order valence-electron chi connectivity index (χ3n) is 9.53. The standard InChI is InChI=1S/C31H38N6O3/c1-20-6-3-7-21-8-4-10-27(28(20)21)35-15-13-25-26(18-35)32-30(40-19-24-9-5-14-34(24)2)33-29(25)36-16-22-11-12-23(17-36)37(22)31(38)39/h3-4,6-8,10,22-24H,5,9,11-19H2,1-2H3,(H,38,39)/t22-,23+,24-/m0/s1. The number of rotatable bonds is 5. The van der Waals surface area contributed by atoms with Crippen molar-refractivity contribution in [2.45, 2.75) is 63.7 Å². The van der Waals surface area contributed by atoms with Crippen LogP contribution in [0.4, 0.5) is 16.3 Å². The first-order valence-corrected chi connectivity index (χ1v) is 14.7. The molecule has 7 rings (SSSR count). The third kappa shape index (κ3) is 4.40. The Bertz CT molecular complexity index is 1430. The molecule has 2 bridgehead atoms. The van der Waals surface area contributed by atoms with Gasteiger partial charge in [-0.25, -0.2) is 4.79 Å². The first-order chi connectivity index (χ1) is 19.5. The molecule has 0 saturated carbocycles. The molecule has 1 N–H and O–H groups in total. The summed E-state index contributed by atoms with van der Waals surface area (Å²) in [7, 11) is 2.15. The third-order valence-corrected chi connectivity index (χ3v) is 9.53. The number of carbonyl (C=O) groups is 1. The molecular weight excluding hydrogens is 504 g/mol. The lowest BCUT2D eigenvalue weighted by atomic mass is 9.99. The Labute approximate surface area is 235 Å². The Hall–Kier alpha value is -3.59. The number of amides is 1. The maximum atomic E-state index is 11.9. The van der Waals surface area contributed by atoms with Crippen molar-refractivity contribution in [2.75, 3.05) is 49.6 Å². The number of carboxylic acid groups (broad SMARTS) is 1. The fourth-order valence-electron chi connectivity index (χ4n) is 7.44. The second kappa shape index (κ2) is 10.1. The average molecular weight is 543 g/mol. The first kappa shape index (κ1) is 25.4. The van der Waals surface area contributed by atoms with Crippen LogP contribution >= 0.6 is 0 Å². The zero-order valence-corrected chi connectivity index (χ0v) is 23.4. The molecule has 0 radical (unpaired) electrons. The number of fused-ring (bicyclic) bond motifs is 4. The van der Waals surface area contributed by atoms with Crippen molar-refractivity contribution in [1.29, 1.82) is 0 Å². The predicted octanol–water partition coefficient (Wildman–Crippen LogP) is 4.30. The van der Waals surface area contributed by atoms with Gasteiger partial charge < -0.3 is 24.5 Å². The van der Waals surface area contributed by atoms with Gasteiger partial charge in [-0.1, -0.05) is 30.3 Å². The Morgan fingerprint density at radius 3 is 2.52 bits per heavy atom. The molecule has 5 heterocycles. The molecule has 9 heteroatoms. The monoisotopic (exact) mass is 542 g/mol. The highest BCUT2D eigenvalue weighted by molar-refractivity contribution is 5.97. The minimum Gasteiger partial charge on any atom is -0.465 e. The van der Waals surface area contributed by atoms with Crippen molar-refractivity contribution >= 4 is 28.4 Å². The number of aromatic nitrogens is 2. The van der Waals surface area contributed by atoms with Gasteiger partial charge in [0.2, 0.25) is 0 Å². The summed E-state index contributed by atoms with van der Waals surface area (Å²) in [6, 6.07) is 13.9. The molecule has 1 amide bonds. The quantitative estimate of drug-likeness (QED) is 0.511. The minimum absolute atomic E-state index is 0.0112. The van der Waals surface area contributed by atoms with Crippen molar-refractivity contribution in [3.63, 3.8) is 0 Å². The molecule has 0 spiro atoms. The number of hydrogen-bond acceptors (Lipinski definition) is 7. The van der Waals surface area contributed by atoms with E-state index in [1.54, 1.807) is 4.90 Å². The van der Waals surface area contributed by atoms with Crippen LogP contribution in [-0.2, 0) is 13.0 Å². The van der Waals surface area contributed by atoms with Gasteiger partial charge in [0.15, 0.2) is 0 Å². The summed E-state index contributed by atoms with van der Waals surface area (Å²) >= 11 is 0. The van der Waals surface area contributed by atoms with Crippen LogP contribution in [0, 0.1) is 6.92 Å². The summed E-state index contributed by atoms with van der Waals surface area (Å²) in [5, 5.41) is 12.3. The fourth-order valence-corrected chi connectivity index (χ4v) is 7.44. The van der Waals surface area contributed by atoms with Crippen LogP contribution in [0.25, 0.3) is 10.8 Å². The predicted molar refractivity (Wildman–Crippen MR) is 156 cm³/mol. The zero-order chi connectivity index (χ0) is 27.4. The van der Waals surface area contributed by atoms with E-state index in [0.717, 1.165) is 50.3 Å². The molecule has 40 heavy (non-hydrogen) atoms. The second-order valence-corrected chi connectivity index (χ2v) is 11.9. The number of likely N-dealkylation sites (tertiary alicyclic amines) is 1. The number of benzene rings is 2. The van der Waals surface area contributed by atoms with Gasteiger partial charge in [0, 0.05) is 42.3 Å². The number of piperazine rings is 1. The molecule has 0 unspecified atom stereocenters. The highest BCUT2D eigenvalue weighted by Crippen LogP contribution is 2.38. The fraction of sp³-hybridized carbons (Fsp3) is 0.516. The molecule has 4 aliphatic rings. The van der Waals surface area contributed by atoms with Gasteiger partial charge in [0.25, 0.3) is 0 Å². The summed E-state index contributed by atoms with van der Waals surface area (Å²) in [5.74, 6) is 0.940. The number of hydrogen-bond donors (Lipinski definition) is 1. The van der Waals surface area contributed by atoms with Gasteiger partial charge in [-0.2, -0.15) is 9.97 Å². The number of aryl methyl sites for hydroxylation is 1. The molecule has 4 aliphatic heterocycles. The van der Waals surface area contributed by atoms with Crippen LogP contribution in [0.1, 0.15) is 42.5 Å². The van der Waals surface area contributed by atoms with Gasteiger partial charge in [-0.3, -0.25) is 4.90 Å².